The van der Waals surface area contributed by atoms with Crippen molar-refractivity contribution in [1.29, 1.82) is 0 Å². The maximum atomic E-state index is 11.9. The predicted octanol–water partition coefficient (Wildman–Crippen LogP) is 0.0989. The van der Waals surface area contributed by atoms with Crippen molar-refractivity contribution >= 4 is 11.9 Å². The van der Waals surface area contributed by atoms with Crippen LogP contribution in [0.25, 0.3) is 0 Å². The van der Waals surface area contributed by atoms with Gasteiger partial charge in [-0.2, -0.15) is 4.98 Å². The van der Waals surface area contributed by atoms with Gasteiger partial charge in [0.25, 0.3) is 0 Å². The van der Waals surface area contributed by atoms with Crippen molar-refractivity contribution in [3.05, 3.63) is 29.7 Å². The second kappa shape index (κ2) is 6.04. The molecule has 0 saturated carbocycles. The van der Waals surface area contributed by atoms with E-state index in [9.17, 15) is 14.4 Å². The van der Waals surface area contributed by atoms with Crippen molar-refractivity contribution in [3.8, 4) is 5.88 Å². The van der Waals surface area contributed by atoms with Gasteiger partial charge in [0.1, 0.15) is 18.4 Å². The maximum absolute atomic E-state index is 11.9. The number of carbonyl (C=O) groups excluding carboxylic acids is 2. The topological polar surface area (TPSA) is 96.7 Å². The average Bonchev–Trinajstić information content (AvgIpc) is 2.69. The third-order valence-corrected chi connectivity index (χ3v) is 2.79. The molecule has 1 aromatic heterocycles. The SMILES string of the molecule is [CH][C@H]1O[C@@H](n2ccc(OC(C)=O)nc2=O)C[C@H]1OC(C)=O. The number of nitrogens with zero attached hydrogens (tertiary/aromatic N) is 2. The predicted molar refractivity (Wildman–Crippen MR) is 68.2 cm³/mol. The molecule has 0 aliphatic carbocycles. The van der Waals surface area contributed by atoms with Crippen LogP contribution in [-0.4, -0.2) is 33.7 Å². The fourth-order valence-corrected chi connectivity index (χ4v) is 1.99. The van der Waals surface area contributed by atoms with Gasteiger partial charge in [0.05, 0.1) is 0 Å². The first-order valence-electron chi connectivity index (χ1n) is 6.22. The molecule has 1 aliphatic heterocycles. The Morgan fingerprint density at radius 1 is 1.43 bits per heavy atom. The summed E-state index contributed by atoms with van der Waals surface area (Å²) in [5, 5.41) is 0. The van der Waals surface area contributed by atoms with Gasteiger partial charge in [-0.05, 0) is 0 Å². The molecule has 8 heteroatoms. The quantitative estimate of drug-likeness (QED) is 0.729. The number of esters is 2. The number of aromatic nitrogens is 2. The third kappa shape index (κ3) is 3.66. The van der Waals surface area contributed by atoms with Gasteiger partial charge < -0.3 is 14.2 Å². The standard InChI is InChI=1S/C13H14N2O6/c1-7-10(20-8(2)16)6-12(19-7)15-5-4-11(14-13(15)18)21-9(3)17/h1,4-5,7,10,12H,6H2,2-3H3/t7-,10-,12-/m1/s1. The van der Waals surface area contributed by atoms with E-state index in [-0.39, 0.29) is 12.3 Å². The normalized spacial score (nSPS) is 24.6. The van der Waals surface area contributed by atoms with Crippen molar-refractivity contribution in [3.63, 3.8) is 0 Å². The van der Waals surface area contributed by atoms with Crippen molar-refractivity contribution in [2.45, 2.75) is 38.7 Å². The number of hydrogen-bond acceptors (Lipinski definition) is 7. The number of hydrogen-bond donors (Lipinski definition) is 0. The lowest BCUT2D eigenvalue weighted by Gasteiger charge is -2.13. The fourth-order valence-electron chi connectivity index (χ4n) is 1.99. The molecule has 8 nitrogen and oxygen atoms in total. The summed E-state index contributed by atoms with van der Waals surface area (Å²) in [6.07, 6.45) is -0.543. The Hall–Kier alpha value is -2.22. The van der Waals surface area contributed by atoms with Crippen LogP contribution in [0.3, 0.4) is 0 Å². The summed E-state index contributed by atoms with van der Waals surface area (Å²) in [5.74, 6) is -1.15. The molecule has 0 aromatic carbocycles. The van der Waals surface area contributed by atoms with Crippen LogP contribution in [0, 0.1) is 6.92 Å². The molecule has 2 radical (unpaired) electrons. The van der Waals surface area contributed by atoms with Gasteiger partial charge >= 0.3 is 17.6 Å². The zero-order valence-corrected chi connectivity index (χ0v) is 11.5. The average molecular weight is 294 g/mol. The minimum absolute atomic E-state index is 0.0948. The molecular formula is C13H14N2O6. The van der Waals surface area contributed by atoms with Crippen LogP contribution >= 0.6 is 0 Å². The largest absolute Gasteiger partial charge is 0.460 e. The summed E-state index contributed by atoms with van der Waals surface area (Å²) in [6.45, 7) is 8.17. The molecule has 0 spiro atoms. The Bertz CT molecular complexity index is 611. The van der Waals surface area contributed by atoms with E-state index in [2.05, 4.69) is 4.98 Å². The van der Waals surface area contributed by atoms with Gasteiger partial charge in [-0.1, -0.05) is 0 Å². The van der Waals surface area contributed by atoms with Crippen LogP contribution in [0.2, 0.25) is 0 Å². The van der Waals surface area contributed by atoms with Crippen LogP contribution < -0.4 is 10.4 Å². The summed E-state index contributed by atoms with van der Waals surface area (Å²) >= 11 is 0. The molecule has 112 valence electrons. The minimum Gasteiger partial charge on any atom is -0.460 e. The highest BCUT2D eigenvalue weighted by Crippen LogP contribution is 2.29. The van der Waals surface area contributed by atoms with Gasteiger partial charge in [-0.3, -0.25) is 14.2 Å². The second-order valence-electron chi connectivity index (χ2n) is 4.49. The number of ether oxygens (including phenoxy) is 3. The second-order valence-corrected chi connectivity index (χ2v) is 4.49. The van der Waals surface area contributed by atoms with Crippen LogP contribution in [0.4, 0.5) is 0 Å². The first-order chi connectivity index (χ1) is 9.86. The molecule has 0 amide bonds. The molecule has 2 heterocycles. The Balaban J connectivity index is 2.14. The molecule has 0 unspecified atom stereocenters. The Kier molecular flexibility index (Phi) is 4.37. The molecule has 1 aliphatic rings. The number of rotatable bonds is 3. The summed E-state index contributed by atoms with van der Waals surface area (Å²) in [6, 6.07) is 1.36. The molecule has 3 atom stereocenters. The van der Waals surface area contributed by atoms with Gasteiger partial charge in [0.15, 0.2) is 0 Å². The molecule has 2 rings (SSSR count). The Labute approximate surface area is 120 Å². The van der Waals surface area contributed by atoms with Crippen molar-refractivity contribution in [2.75, 3.05) is 0 Å². The summed E-state index contributed by atoms with van der Waals surface area (Å²) in [5.41, 5.74) is -0.658. The first-order valence-corrected chi connectivity index (χ1v) is 6.22. The zero-order chi connectivity index (χ0) is 15.6. The lowest BCUT2D eigenvalue weighted by atomic mass is 10.2. The molecule has 0 N–H and O–H groups in total. The molecule has 0 bridgehead atoms. The van der Waals surface area contributed by atoms with Crippen molar-refractivity contribution in [2.24, 2.45) is 0 Å². The molecule has 1 saturated heterocycles. The molecular weight excluding hydrogens is 280 g/mol. The van der Waals surface area contributed by atoms with Crippen LogP contribution in [-0.2, 0) is 19.1 Å². The summed E-state index contributed by atoms with van der Waals surface area (Å²) in [7, 11) is 0. The van der Waals surface area contributed by atoms with Gasteiger partial charge in [0, 0.05) is 39.5 Å². The molecule has 1 aromatic rings. The summed E-state index contributed by atoms with van der Waals surface area (Å²) < 4.78 is 16.3. The van der Waals surface area contributed by atoms with Crippen LogP contribution in [0.15, 0.2) is 17.1 Å². The minimum atomic E-state index is -0.820. The van der Waals surface area contributed by atoms with Gasteiger partial charge in [0.2, 0.25) is 5.88 Å². The highest BCUT2D eigenvalue weighted by Gasteiger charge is 2.36. The highest BCUT2D eigenvalue weighted by atomic mass is 16.6. The number of carbonyl (C=O) groups is 2. The molecule has 21 heavy (non-hydrogen) atoms. The monoisotopic (exact) mass is 294 g/mol. The van der Waals surface area contributed by atoms with Crippen molar-refractivity contribution in [1.82, 2.24) is 9.55 Å². The van der Waals surface area contributed by atoms with E-state index in [1.54, 1.807) is 0 Å². The lowest BCUT2D eigenvalue weighted by molar-refractivity contribution is -0.148. The van der Waals surface area contributed by atoms with E-state index < -0.39 is 36.1 Å². The highest BCUT2D eigenvalue weighted by molar-refractivity contribution is 5.68. The zero-order valence-electron chi connectivity index (χ0n) is 11.5. The van der Waals surface area contributed by atoms with E-state index in [4.69, 9.17) is 21.1 Å². The van der Waals surface area contributed by atoms with Gasteiger partial charge in [-0.25, -0.2) is 4.79 Å². The molecule has 1 fully saturated rings. The maximum Gasteiger partial charge on any atom is 0.352 e. The smallest absolute Gasteiger partial charge is 0.352 e. The van der Waals surface area contributed by atoms with E-state index in [0.29, 0.717) is 0 Å². The van der Waals surface area contributed by atoms with Crippen LogP contribution in [0.5, 0.6) is 5.88 Å². The van der Waals surface area contributed by atoms with Crippen LogP contribution in [0.1, 0.15) is 26.5 Å². The summed E-state index contributed by atoms with van der Waals surface area (Å²) in [4.78, 5) is 37.2. The Morgan fingerprint density at radius 2 is 2.14 bits per heavy atom. The van der Waals surface area contributed by atoms with E-state index in [1.165, 1.54) is 30.7 Å². The lowest BCUT2D eigenvalue weighted by Crippen LogP contribution is -2.27. The third-order valence-electron chi connectivity index (χ3n) is 2.79. The first kappa shape index (κ1) is 15.2. The van der Waals surface area contributed by atoms with E-state index >= 15 is 0 Å². The van der Waals surface area contributed by atoms with Gasteiger partial charge in [-0.15, -0.1) is 0 Å². The van der Waals surface area contributed by atoms with E-state index in [1.807, 2.05) is 0 Å². The van der Waals surface area contributed by atoms with E-state index in [0.717, 1.165) is 0 Å². The van der Waals surface area contributed by atoms with Crippen molar-refractivity contribution < 1.29 is 23.8 Å². The fraction of sp³-hybridized carbons (Fsp3) is 0.462. The Morgan fingerprint density at radius 3 is 2.71 bits per heavy atom.